The molecular formula is C30H34FNO4S. The van der Waals surface area contributed by atoms with Gasteiger partial charge in [-0.3, -0.25) is 4.79 Å². The molecule has 3 aromatic rings. The van der Waals surface area contributed by atoms with Gasteiger partial charge in [-0.25, -0.2) is 12.8 Å². The van der Waals surface area contributed by atoms with Crippen LogP contribution in [0.5, 0.6) is 5.75 Å². The van der Waals surface area contributed by atoms with E-state index in [0.717, 1.165) is 29.0 Å². The van der Waals surface area contributed by atoms with Gasteiger partial charge in [0.1, 0.15) is 18.2 Å². The number of carbonyl (C=O) groups is 1. The molecule has 7 heteroatoms. The fourth-order valence-corrected chi connectivity index (χ4v) is 6.26. The molecule has 3 aromatic carbocycles. The van der Waals surface area contributed by atoms with E-state index >= 15 is 0 Å². The lowest BCUT2D eigenvalue weighted by molar-refractivity contribution is -0.122. The minimum Gasteiger partial charge on any atom is -0.489 e. The fraction of sp³-hybridized carbons (Fsp3) is 0.367. The van der Waals surface area contributed by atoms with Gasteiger partial charge in [0.05, 0.1) is 10.9 Å². The zero-order valence-corrected chi connectivity index (χ0v) is 22.4. The molecule has 1 heterocycles. The molecule has 5 nitrogen and oxygen atoms in total. The molecule has 4 rings (SSSR count). The number of benzene rings is 3. The Morgan fingerprint density at radius 3 is 2.38 bits per heavy atom. The molecule has 1 saturated heterocycles. The van der Waals surface area contributed by atoms with Crippen molar-refractivity contribution in [2.24, 2.45) is 0 Å². The third kappa shape index (κ3) is 6.65. The highest BCUT2D eigenvalue weighted by Crippen LogP contribution is 2.28. The number of halogens is 1. The minimum absolute atomic E-state index is 0.00601. The first-order chi connectivity index (χ1) is 17.5. The predicted molar refractivity (Wildman–Crippen MR) is 143 cm³/mol. The van der Waals surface area contributed by atoms with Gasteiger partial charge in [0, 0.05) is 13.0 Å². The molecular weight excluding hydrogens is 489 g/mol. The minimum atomic E-state index is -3.86. The molecule has 196 valence electrons. The average Bonchev–Trinajstić information content (AvgIpc) is 3.38. The standard InChI is InChI=1S/C30H34FNO4S/c1-30(2,3)24-12-9-23(10-13-24)21-36-26-7-4-6-22(20-26)11-18-29(33)28-8-5-19-32(28)37(34,35)27-16-14-25(31)15-17-27/h4,6-7,9-10,12-17,20,28H,5,8,11,18-19,21H2,1-3H3/t28-/m0/s1. The first-order valence-electron chi connectivity index (χ1n) is 12.7. The molecule has 0 spiro atoms. The summed E-state index contributed by atoms with van der Waals surface area (Å²) in [7, 11) is -3.86. The van der Waals surface area contributed by atoms with Gasteiger partial charge in [0.2, 0.25) is 10.0 Å². The molecule has 37 heavy (non-hydrogen) atoms. The van der Waals surface area contributed by atoms with Gasteiger partial charge >= 0.3 is 0 Å². The number of carbonyl (C=O) groups excluding carboxylic acids is 1. The number of nitrogens with zero attached hydrogens (tertiary/aromatic N) is 1. The third-order valence-corrected chi connectivity index (χ3v) is 8.70. The molecule has 1 fully saturated rings. The summed E-state index contributed by atoms with van der Waals surface area (Å²) < 4.78 is 46.7. The van der Waals surface area contributed by atoms with Crippen LogP contribution in [-0.2, 0) is 33.3 Å². The van der Waals surface area contributed by atoms with E-state index in [-0.39, 0.29) is 29.1 Å². The topological polar surface area (TPSA) is 63.7 Å². The van der Waals surface area contributed by atoms with Gasteiger partial charge < -0.3 is 4.74 Å². The van der Waals surface area contributed by atoms with Crippen molar-refractivity contribution in [1.82, 2.24) is 4.31 Å². The van der Waals surface area contributed by atoms with Gasteiger partial charge in [-0.2, -0.15) is 4.31 Å². The summed E-state index contributed by atoms with van der Waals surface area (Å²) >= 11 is 0. The number of aryl methyl sites for hydroxylation is 1. The average molecular weight is 524 g/mol. The number of hydrogen-bond acceptors (Lipinski definition) is 4. The summed E-state index contributed by atoms with van der Waals surface area (Å²) in [6, 6.07) is 20.1. The maximum absolute atomic E-state index is 13.3. The molecule has 1 atom stereocenters. The van der Waals surface area contributed by atoms with Crippen molar-refractivity contribution in [3.05, 3.63) is 95.3 Å². The molecule has 0 amide bonds. The fourth-order valence-electron chi connectivity index (χ4n) is 4.58. The van der Waals surface area contributed by atoms with E-state index in [1.165, 1.54) is 22.0 Å². The molecule has 0 unspecified atom stereocenters. The molecule has 0 saturated carbocycles. The summed E-state index contributed by atoms with van der Waals surface area (Å²) in [5, 5.41) is 0. The first-order valence-corrected chi connectivity index (χ1v) is 14.1. The molecule has 0 bridgehead atoms. The second-order valence-corrected chi connectivity index (χ2v) is 12.5. The Morgan fingerprint density at radius 1 is 1.00 bits per heavy atom. The summed E-state index contributed by atoms with van der Waals surface area (Å²) in [6.45, 7) is 7.29. The van der Waals surface area contributed by atoms with Crippen LogP contribution in [0.4, 0.5) is 4.39 Å². The van der Waals surface area contributed by atoms with E-state index in [1.54, 1.807) is 0 Å². The third-order valence-electron chi connectivity index (χ3n) is 6.78. The largest absolute Gasteiger partial charge is 0.489 e. The van der Waals surface area contributed by atoms with E-state index in [4.69, 9.17) is 4.74 Å². The van der Waals surface area contributed by atoms with Gasteiger partial charge in [-0.15, -0.1) is 0 Å². The quantitative estimate of drug-likeness (QED) is 0.342. The van der Waals surface area contributed by atoms with E-state index in [9.17, 15) is 17.6 Å². The van der Waals surface area contributed by atoms with Crippen molar-refractivity contribution < 1.29 is 22.3 Å². The maximum atomic E-state index is 13.3. The highest BCUT2D eigenvalue weighted by molar-refractivity contribution is 7.89. The van der Waals surface area contributed by atoms with Crippen LogP contribution in [0.1, 0.15) is 56.7 Å². The zero-order chi connectivity index (χ0) is 26.6. The van der Waals surface area contributed by atoms with Crippen molar-refractivity contribution in [3.63, 3.8) is 0 Å². The Morgan fingerprint density at radius 2 is 1.70 bits per heavy atom. The van der Waals surface area contributed by atoms with Gasteiger partial charge in [-0.05, 0) is 77.8 Å². The smallest absolute Gasteiger partial charge is 0.243 e. The Bertz CT molecular complexity index is 1330. The summed E-state index contributed by atoms with van der Waals surface area (Å²) in [5.74, 6) is 0.123. The monoisotopic (exact) mass is 523 g/mol. The summed E-state index contributed by atoms with van der Waals surface area (Å²) in [5.41, 5.74) is 3.41. The van der Waals surface area contributed by atoms with Gasteiger partial charge in [-0.1, -0.05) is 57.2 Å². The van der Waals surface area contributed by atoms with Gasteiger partial charge in [0.25, 0.3) is 0 Å². The Labute approximate surface area is 219 Å². The van der Waals surface area contributed by atoms with Crippen LogP contribution in [0, 0.1) is 5.82 Å². The van der Waals surface area contributed by atoms with Gasteiger partial charge in [0.15, 0.2) is 5.78 Å². The molecule has 0 N–H and O–H groups in total. The molecule has 0 radical (unpaired) electrons. The highest BCUT2D eigenvalue weighted by Gasteiger charge is 2.38. The lowest BCUT2D eigenvalue weighted by Gasteiger charge is -2.23. The predicted octanol–water partition coefficient (Wildman–Crippen LogP) is 6.06. The van der Waals surface area contributed by atoms with Crippen LogP contribution in [-0.4, -0.2) is 31.1 Å². The maximum Gasteiger partial charge on any atom is 0.243 e. The molecule has 0 aromatic heterocycles. The van der Waals surface area contributed by atoms with Crippen molar-refractivity contribution in [2.75, 3.05) is 6.54 Å². The number of ketones is 1. The van der Waals surface area contributed by atoms with Crippen LogP contribution in [0.15, 0.2) is 77.7 Å². The lowest BCUT2D eigenvalue weighted by atomic mass is 9.87. The molecule has 1 aliphatic heterocycles. The normalized spacial score (nSPS) is 16.6. The number of rotatable bonds is 9. The number of Topliss-reactive ketones (excluding diaryl/α,β-unsaturated/α-hetero) is 1. The van der Waals surface area contributed by atoms with Crippen molar-refractivity contribution in [2.45, 2.75) is 69.4 Å². The second kappa shape index (κ2) is 11.2. The van der Waals surface area contributed by atoms with Crippen LogP contribution < -0.4 is 4.74 Å². The van der Waals surface area contributed by atoms with E-state index in [2.05, 4.69) is 45.0 Å². The number of ether oxygens (including phenoxy) is 1. The highest BCUT2D eigenvalue weighted by atomic mass is 32.2. The summed E-state index contributed by atoms with van der Waals surface area (Å²) in [4.78, 5) is 13.1. The molecule has 1 aliphatic rings. The van der Waals surface area contributed by atoms with Crippen molar-refractivity contribution in [1.29, 1.82) is 0 Å². The first kappa shape index (κ1) is 27.0. The van der Waals surface area contributed by atoms with Crippen LogP contribution in [0.3, 0.4) is 0 Å². The Balaban J connectivity index is 1.35. The lowest BCUT2D eigenvalue weighted by Crippen LogP contribution is -2.40. The zero-order valence-electron chi connectivity index (χ0n) is 21.6. The van der Waals surface area contributed by atoms with Crippen molar-refractivity contribution >= 4 is 15.8 Å². The summed E-state index contributed by atoms with van der Waals surface area (Å²) in [6.07, 6.45) is 1.85. The van der Waals surface area contributed by atoms with Crippen LogP contribution in [0.25, 0.3) is 0 Å². The number of hydrogen-bond donors (Lipinski definition) is 0. The van der Waals surface area contributed by atoms with Crippen LogP contribution >= 0.6 is 0 Å². The molecule has 0 aliphatic carbocycles. The van der Waals surface area contributed by atoms with E-state index in [0.29, 0.717) is 25.9 Å². The number of sulfonamides is 1. The SMILES string of the molecule is CC(C)(C)c1ccc(COc2cccc(CCC(=O)[C@@H]3CCCN3S(=O)(=O)c3ccc(F)cc3)c2)cc1. The Kier molecular flexibility index (Phi) is 8.14. The second-order valence-electron chi connectivity index (χ2n) is 10.6. The Hall–Kier alpha value is -3.03. The van der Waals surface area contributed by atoms with Crippen molar-refractivity contribution in [3.8, 4) is 5.75 Å². The van der Waals surface area contributed by atoms with E-state index < -0.39 is 21.9 Å². The van der Waals surface area contributed by atoms with Crippen LogP contribution in [0.2, 0.25) is 0 Å². The van der Waals surface area contributed by atoms with E-state index in [1.807, 2.05) is 24.3 Å².